The van der Waals surface area contributed by atoms with E-state index in [0.717, 1.165) is 5.56 Å². The summed E-state index contributed by atoms with van der Waals surface area (Å²) in [5.41, 5.74) is 0.803. The van der Waals surface area contributed by atoms with Crippen LogP contribution < -0.4 is 14.8 Å². The van der Waals surface area contributed by atoms with Gasteiger partial charge in [0.25, 0.3) is 0 Å². The molecule has 0 radical (unpaired) electrons. The minimum Gasteiger partial charge on any atom is -0.486 e. The molecule has 0 aliphatic carbocycles. The van der Waals surface area contributed by atoms with Crippen LogP contribution in [0.15, 0.2) is 18.2 Å². The number of hydrogen-bond donors (Lipinski definition) is 2. The van der Waals surface area contributed by atoms with Gasteiger partial charge in [0.1, 0.15) is 13.2 Å². The third-order valence-electron chi connectivity index (χ3n) is 2.63. The summed E-state index contributed by atoms with van der Waals surface area (Å²) in [6.07, 6.45) is 0.114. The number of hydrogen-bond acceptors (Lipinski definition) is 4. The van der Waals surface area contributed by atoms with Crippen LogP contribution in [-0.2, 0) is 16.0 Å². The highest BCUT2D eigenvalue weighted by Crippen LogP contribution is 2.30. The number of carbonyl (C=O) groups is 2. The number of benzene rings is 1. The minimum atomic E-state index is -0.931. The van der Waals surface area contributed by atoms with E-state index >= 15 is 0 Å². The van der Waals surface area contributed by atoms with Crippen LogP contribution >= 0.6 is 0 Å². The van der Waals surface area contributed by atoms with E-state index in [0.29, 0.717) is 24.7 Å². The van der Waals surface area contributed by atoms with E-state index in [1.807, 2.05) is 0 Å². The Balaban J connectivity index is 1.88. The first-order valence-electron chi connectivity index (χ1n) is 6.02. The van der Waals surface area contributed by atoms with Gasteiger partial charge in [0.2, 0.25) is 5.91 Å². The Morgan fingerprint density at radius 3 is 2.68 bits per heavy atom. The Hall–Kier alpha value is -2.24. The normalized spacial score (nSPS) is 12.8. The second-order valence-electron chi connectivity index (χ2n) is 4.15. The van der Waals surface area contributed by atoms with Crippen molar-refractivity contribution < 1.29 is 24.2 Å². The van der Waals surface area contributed by atoms with Gasteiger partial charge in [0.15, 0.2) is 11.5 Å². The van der Waals surface area contributed by atoms with E-state index < -0.39 is 5.97 Å². The predicted molar refractivity (Wildman–Crippen MR) is 66.4 cm³/mol. The summed E-state index contributed by atoms with van der Waals surface area (Å²) >= 11 is 0. The summed E-state index contributed by atoms with van der Waals surface area (Å²) in [5.74, 6) is 0.181. The fourth-order valence-electron chi connectivity index (χ4n) is 1.75. The molecule has 1 amide bonds. The van der Waals surface area contributed by atoms with Crippen molar-refractivity contribution >= 4 is 11.9 Å². The van der Waals surface area contributed by atoms with Crippen LogP contribution in [0.1, 0.15) is 12.0 Å². The quantitative estimate of drug-likeness (QED) is 0.814. The van der Waals surface area contributed by atoms with Crippen molar-refractivity contribution in [1.29, 1.82) is 0 Å². The lowest BCUT2D eigenvalue weighted by Gasteiger charge is -2.18. The predicted octanol–water partition coefficient (Wildman–Crippen LogP) is 0.591. The molecule has 1 aliphatic rings. The van der Waals surface area contributed by atoms with Gasteiger partial charge in [0, 0.05) is 6.54 Å². The van der Waals surface area contributed by atoms with Crippen LogP contribution in [-0.4, -0.2) is 36.7 Å². The number of aliphatic carboxylic acids is 1. The second kappa shape index (κ2) is 6.08. The fourth-order valence-corrected chi connectivity index (χ4v) is 1.75. The Morgan fingerprint density at radius 2 is 1.95 bits per heavy atom. The number of carboxylic acid groups (broad SMARTS) is 1. The molecule has 1 aromatic carbocycles. The Morgan fingerprint density at radius 1 is 1.21 bits per heavy atom. The van der Waals surface area contributed by atoms with Gasteiger partial charge in [-0.05, 0) is 17.7 Å². The molecular weight excluding hydrogens is 250 g/mol. The molecule has 1 aliphatic heterocycles. The molecule has 0 unspecified atom stereocenters. The number of nitrogens with one attached hydrogen (secondary N) is 1. The van der Waals surface area contributed by atoms with Crippen LogP contribution in [0.25, 0.3) is 0 Å². The largest absolute Gasteiger partial charge is 0.486 e. The maximum Gasteiger partial charge on any atom is 0.305 e. The monoisotopic (exact) mass is 265 g/mol. The van der Waals surface area contributed by atoms with Crippen LogP contribution in [0.3, 0.4) is 0 Å². The molecular formula is C13H15NO5. The van der Waals surface area contributed by atoms with Gasteiger partial charge in [-0.3, -0.25) is 9.59 Å². The number of carboxylic acids is 1. The number of carbonyl (C=O) groups excluding carboxylic acids is 1. The SMILES string of the molecule is O=C(O)CCNC(=O)Cc1ccc2c(c1)OCCO2. The van der Waals surface area contributed by atoms with E-state index in [4.69, 9.17) is 14.6 Å². The van der Waals surface area contributed by atoms with Gasteiger partial charge in [-0.2, -0.15) is 0 Å². The average Bonchev–Trinajstić information content (AvgIpc) is 2.38. The van der Waals surface area contributed by atoms with Crippen molar-refractivity contribution in [1.82, 2.24) is 5.32 Å². The number of ether oxygens (including phenoxy) is 2. The maximum absolute atomic E-state index is 11.6. The van der Waals surface area contributed by atoms with Crippen LogP contribution in [0.2, 0.25) is 0 Å². The summed E-state index contributed by atoms with van der Waals surface area (Å²) in [6.45, 7) is 1.17. The third-order valence-corrected chi connectivity index (χ3v) is 2.63. The smallest absolute Gasteiger partial charge is 0.305 e. The Kier molecular flexibility index (Phi) is 4.22. The zero-order valence-corrected chi connectivity index (χ0v) is 10.3. The number of fused-ring (bicyclic) bond motifs is 1. The first kappa shape index (κ1) is 13.2. The Labute approximate surface area is 110 Å². The molecule has 2 N–H and O–H groups in total. The lowest BCUT2D eigenvalue weighted by Crippen LogP contribution is -2.27. The van der Waals surface area contributed by atoms with Crippen molar-refractivity contribution in [2.75, 3.05) is 19.8 Å². The molecule has 6 nitrogen and oxygen atoms in total. The highest BCUT2D eigenvalue weighted by atomic mass is 16.6. The van der Waals surface area contributed by atoms with E-state index in [1.54, 1.807) is 18.2 Å². The van der Waals surface area contributed by atoms with E-state index in [1.165, 1.54) is 0 Å². The van der Waals surface area contributed by atoms with Crippen molar-refractivity contribution in [3.63, 3.8) is 0 Å². The van der Waals surface area contributed by atoms with Gasteiger partial charge in [0.05, 0.1) is 12.8 Å². The lowest BCUT2D eigenvalue weighted by molar-refractivity contribution is -0.136. The molecule has 0 bridgehead atoms. The molecule has 0 aromatic heterocycles. The molecule has 19 heavy (non-hydrogen) atoms. The van der Waals surface area contributed by atoms with Gasteiger partial charge in [-0.15, -0.1) is 0 Å². The summed E-state index contributed by atoms with van der Waals surface area (Å²) in [7, 11) is 0. The first-order valence-corrected chi connectivity index (χ1v) is 6.02. The highest BCUT2D eigenvalue weighted by molar-refractivity contribution is 5.79. The molecule has 6 heteroatoms. The average molecular weight is 265 g/mol. The molecule has 2 rings (SSSR count). The fraction of sp³-hybridized carbons (Fsp3) is 0.385. The van der Waals surface area contributed by atoms with Gasteiger partial charge in [-0.25, -0.2) is 0 Å². The lowest BCUT2D eigenvalue weighted by atomic mass is 10.1. The summed E-state index contributed by atoms with van der Waals surface area (Å²) in [5, 5.41) is 11.0. The van der Waals surface area contributed by atoms with Gasteiger partial charge in [-0.1, -0.05) is 6.07 Å². The van der Waals surface area contributed by atoms with E-state index in [9.17, 15) is 9.59 Å². The van der Waals surface area contributed by atoms with Gasteiger partial charge >= 0.3 is 5.97 Å². The summed E-state index contributed by atoms with van der Waals surface area (Å²) in [6, 6.07) is 5.34. The molecule has 1 heterocycles. The molecule has 1 aromatic rings. The van der Waals surface area contributed by atoms with Crippen molar-refractivity contribution in [2.45, 2.75) is 12.8 Å². The van der Waals surface area contributed by atoms with Crippen LogP contribution in [0.4, 0.5) is 0 Å². The first-order chi connectivity index (χ1) is 9.15. The van der Waals surface area contributed by atoms with Crippen LogP contribution in [0, 0.1) is 0 Å². The highest BCUT2D eigenvalue weighted by Gasteiger charge is 2.13. The molecule has 0 saturated carbocycles. The van der Waals surface area contributed by atoms with Crippen LogP contribution in [0.5, 0.6) is 11.5 Å². The van der Waals surface area contributed by atoms with E-state index in [-0.39, 0.29) is 25.3 Å². The molecule has 102 valence electrons. The summed E-state index contributed by atoms with van der Waals surface area (Å²) in [4.78, 5) is 21.9. The third kappa shape index (κ3) is 3.87. The summed E-state index contributed by atoms with van der Waals surface area (Å²) < 4.78 is 10.8. The molecule has 0 spiro atoms. The minimum absolute atomic E-state index is 0.0765. The van der Waals surface area contributed by atoms with Crippen molar-refractivity contribution in [3.8, 4) is 11.5 Å². The number of amides is 1. The topological polar surface area (TPSA) is 84.9 Å². The molecule has 0 fully saturated rings. The molecule has 0 saturated heterocycles. The standard InChI is InChI=1S/C13H15NO5/c15-12(14-4-3-13(16)17)8-9-1-2-10-11(7-9)19-6-5-18-10/h1-2,7H,3-6,8H2,(H,14,15)(H,16,17). The van der Waals surface area contributed by atoms with Gasteiger partial charge < -0.3 is 19.9 Å². The van der Waals surface area contributed by atoms with E-state index in [2.05, 4.69) is 5.32 Å². The van der Waals surface area contributed by atoms with Crippen molar-refractivity contribution in [3.05, 3.63) is 23.8 Å². The zero-order valence-electron chi connectivity index (χ0n) is 10.3. The second-order valence-corrected chi connectivity index (χ2v) is 4.15. The van der Waals surface area contributed by atoms with Crippen molar-refractivity contribution in [2.24, 2.45) is 0 Å². The maximum atomic E-state index is 11.6. The Bertz CT molecular complexity index is 486. The zero-order chi connectivity index (χ0) is 13.7. The molecule has 0 atom stereocenters. The number of rotatable bonds is 5.